The Balaban J connectivity index is 1.90. The van der Waals surface area contributed by atoms with Gasteiger partial charge in [-0.1, -0.05) is 12.1 Å². The van der Waals surface area contributed by atoms with E-state index in [1.165, 1.54) is 12.8 Å². The lowest BCUT2D eigenvalue weighted by Gasteiger charge is -2.32. The highest BCUT2D eigenvalue weighted by atomic mass is 32.2. The predicted molar refractivity (Wildman–Crippen MR) is 99.3 cm³/mol. The number of piperidine rings is 1. The average Bonchev–Trinajstić information content (AvgIpc) is 2.56. The number of thioether (sulfide) groups is 1. The number of nitrogens with zero attached hydrogens (tertiary/aromatic N) is 3. The number of hydrogen-bond donors (Lipinski definition) is 1. The van der Waals surface area contributed by atoms with E-state index in [1.807, 2.05) is 31.3 Å². The zero-order valence-electron chi connectivity index (χ0n) is 14.5. The normalized spacial score (nSPS) is 18.0. The van der Waals surface area contributed by atoms with Crippen LogP contribution in [0.4, 0.5) is 10.5 Å². The smallest absolute Gasteiger partial charge is 0.321 e. The lowest BCUT2D eigenvalue weighted by molar-refractivity contribution is 0.170. The molecule has 1 aromatic rings. The number of hydrogen-bond acceptors (Lipinski definition) is 4. The minimum atomic E-state index is -0.0726. The van der Waals surface area contributed by atoms with Gasteiger partial charge in [0.1, 0.15) is 0 Å². The molecule has 0 bridgehead atoms. The van der Waals surface area contributed by atoms with Crippen LogP contribution in [0.25, 0.3) is 0 Å². The molecule has 1 atom stereocenters. The number of amides is 2. The summed E-state index contributed by atoms with van der Waals surface area (Å²) in [7, 11) is 4.00. The zero-order chi connectivity index (χ0) is 17.4. The molecule has 1 heterocycles. The van der Waals surface area contributed by atoms with Crippen molar-refractivity contribution < 1.29 is 4.79 Å². The third-order valence-electron chi connectivity index (χ3n) is 4.20. The maximum absolute atomic E-state index is 12.5. The van der Waals surface area contributed by atoms with Crippen LogP contribution in [0.5, 0.6) is 0 Å². The fourth-order valence-electron chi connectivity index (χ4n) is 3.01. The Kier molecular flexibility index (Phi) is 7.41. The number of likely N-dealkylation sites (tertiary alicyclic amines) is 1. The molecular formula is C18H26N4OS. The lowest BCUT2D eigenvalue weighted by Crippen LogP contribution is -2.41. The van der Waals surface area contributed by atoms with Crippen molar-refractivity contribution in [2.45, 2.75) is 24.2 Å². The van der Waals surface area contributed by atoms with Gasteiger partial charge in [0, 0.05) is 37.2 Å². The molecule has 0 unspecified atom stereocenters. The van der Waals surface area contributed by atoms with Crippen molar-refractivity contribution in [3.05, 3.63) is 24.3 Å². The largest absolute Gasteiger partial charge is 0.327 e. The standard InChI is InChI=1S/C18H26N4OS/c1-21-11-5-7-15(13-21)14-22(2)18(23)20-16-8-3-4-9-17(16)24-12-6-10-19/h3-4,8-9,15H,5-7,11-14H2,1-2H3,(H,20,23)/t15-/m0/s1. The molecule has 5 nitrogen and oxygen atoms in total. The molecule has 0 saturated carbocycles. The summed E-state index contributed by atoms with van der Waals surface area (Å²) in [5, 5.41) is 11.7. The number of para-hydroxylation sites is 1. The van der Waals surface area contributed by atoms with Crippen LogP contribution in [-0.2, 0) is 0 Å². The highest BCUT2D eigenvalue weighted by Crippen LogP contribution is 2.27. The zero-order valence-corrected chi connectivity index (χ0v) is 15.3. The summed E-state index contributed by atoms with van der Waals surface area (Å²) < 4.78 is 0. The Labute approximate surface area is 149 Å². The first-order valence-electron chi connectivity index (χ1n) is 8.39. The number of anilines is 1. The number of urea groups is 1. The van der Waals surface area contributed by atoms with Crippen LogP contribution in [0.15, 0.2) is 29.2 Å². The Hall–Kier alpha value is -1.71. The molecule has 1 aliphatic rings. The fourth-order valence-corrected chi connectivity index (χ4v) is 3.87. The van der Waals surface area contributed by atoms with E-state index in [1.54, 1.807) is 16.7 Å². The van der Waals surface area contributed by atoms with Gasteiger partial charge < -0.3 is 15.1 Å². The first-order chi connectivity index (χ1) is 11.6. The molecule has 0 spiro atoms. The summed E-state index contributed by atoms with van der Waals surface area (Å²) in [4.78, 5) is 17.6. The van der Waals surface area contributed by atoms with Crippen LogP contribution in [-0.4, -0.2) is 55.3 Å². The third kappa shape index (κ3) is 5.73. The summed E-state index contributed by atoms with van der Waals surface area (Å²) in [6.45, 7) is 2.98. The van der Waals surface area contributed by atoms with Crippen molar-refractivity contribution in [2.24, 2.45) is 5.92 Å². The maximum atomic E-state index is 12.5. The van der Waals surface area contributed by atoms with Gasteiger partial charge in [0.05, 0.1) is 11.8 Å². The highest BCUT2D eigenvalue weighted by molar-refractivity contribution is 7.99. The molecule has 130 valence electrons. The van der Waals surface area contributed by atoms with Crippen LogP contribution in [0.2, 0.25) is 0 Å². The van der Waals surface area contributed by atoms with Gasteiger partial charge in [-0.25, -0.2) is 4.79 Å². The van der Waals surface area contributed by atoms with Crippen LogP contribution in [0.1, 0.15) is 19.3 Å². The summed E-state index contributed by atoms with van der Waals surface area (Å²) in [6.07, 6.45) is 2.89. The van der Waals surface area contributed by atoms with E-state index in [-0.39, 0.29) is 6.03 Å². The van der Waals surface area contributed by atoms with Gasteiger partial charge in [0.15, 0.2) is 0 Å². The second-order valence-electron chi connectivity index (χ2n) is 6.33. The maximum Gasteiger partial charge on any atom is 0.321 e. The highest BCUT2D eigenvalue weighted by Gasteiger charge is 2.21. The van der Waals surface area contributed by atoms with Crippen molar-refractivity contribution >= 4 is 23.5 Å². The van der Waals surface area contributed by atoms with Crippen molar-refractivity contribution in [1.82, 2.24) is 9.80 Å². The van der Waals surface area contributed by atoms with E-state index in [4.69, 9.17) is 5.26 Å². The van der Waals surface area contributed by atoms with E-state index in [2.05, 4.69) is 23.3 Å². The van der Waals surface area contributed by atoms with Gasteiger partial charge in [-0.15, -0.1) is 11.8 Å². The third-order valence-corrected chi connectivity index (χ3v) is 5.28. The Morgan fingerprint density at radius 3 is 3.04 bits per heavy atom. The van der Waals surface area contributed by atoms with Crippen LogP contribution < -0.4 is 5.32 Å². The van der Waals surface area contributed by atoms with E-state index in [9.17, 15) is 4.79 Å². The van der Waals surface area contributed by atoms with Crippen molar-refractivity contribution in [2.75, 3.05) is 44.8 Å². The van der Waals surface area contributed by atoms with Crippen molar-refractivity contribution in [3.8, 4) is 6.07 Å². The Bertz CT molecular complexity index is 587. The minimum Gasteiger partial charge on any atom is -0.327 e. The summed E-state index contributed by atoms with van der Waals surface area (Å²) in [6, 6.07) is 9.83. The van der Waals surface area contributed by atoms with Gasteiger partial charge in [-0.05, 0) is 44.5 Å². The Morgan fingerprint density at radius 1 is 1.50 bits per heavy atom. The number of nitriles is 1. The van der Waals surface area contributed by atoms with Gasteiger partial charge in [0.25, 0.3) is 0 Å². The number of rotatable bonds is 6. The molecule has 1 N–H and O–H groups in total. The van der Waals surface area contributed by atoms with Gasteiger partial charge in [-0.2, -0.15) is 5.26 Å². The number of nitrogens with one attached hydrogen (secondary N) is 1. The van der Waals surface area contributed by atoms with Gasteiger partial charge in [0.2, 0.25) is 0 Å². The molecule has 2 amide bonds. The second kappa shape index (κ2) is 9.55. The minimum absolute atomic E-state index is 0.0726. The van der Waals surface area contributed by atoms with Gasteiger partial charge >= 0.3 is 6.03 Å². The summed E-state index contributed by atoms with van der Waals surface area (Å²) >= 11 is 1.60. The SMILES string of the molecule is CN1CCC[C@H](CN(C)C(=O)Nc2ccccc2SCCC#N)C1. The molecule has 2 rings (SSSR count). The van der Waals surface area contributed by atoms with Crippen molar-refractivity contribution in [3.63, 3.8) is 0 Å². The van der Waals surface area contributed by atoms with E-state index < -0.39 is 0 Å². The lowest BCUT2D eigenvalue weighted by atomic mass is 9.98. The fraction of sp³-hybridized carbons (Fsp3) is 0.556. The second-order valence-corrected chi connectivity index (χ2v) is 7.47. The monoisotopic (exact) mass is 346 g/mol. The quantitative estimate of drug-likeness (QED) is 0.633. The molecule has 24 heavy (non-hydrogen) atoms. The van der Waals surface area contributed by atoms with Gasteiger partial charge in [-0.3, -0.25) is 0 Å². The Morgan fingerprint density at radius 2 is 2.29 bits per heavy atom. The molecular weight excluding hydrogens is 320 g/mol. The van der Waals surface area contributed by atoms with Crippen molar-refractivity contribution in [1.29, 1.82) is 5.26 Å². The molecule has 1 saturated heterocycles. The molecule has 0 aromatic heterocycles. The average molecular weight is 347 g/mol. The number of carbonyl (C=O) groups is 1. The van der Waals surface area contributed by atoms with Crippen LogP contribution in [0.3, 0.4) is 0 Å². The summed E-state index contributed by atoms with van der Waals surface area (Å²) in [5.41, 5.74) is 0.818. The molecule has 1 fully saturated rings. The molecule has 1 aliphatic heterocycles. The summed E-state index contributed by atoms with van der Waals surface area (Å²) in [5.74, 6) is 1.27. The number of benzene rings is 1. The molecule has 1 aromatic carbocycles. The first kappa shape index (κ1) is 18.6. The predicted octanol–water partition coefficient (Wildman–Crippen LogP) is 3.50. The molecule has 6 heteroatoms. The van der Waals surface area contributed by atoms with E-state index >= 15 is 0 Å². The van der Waals surface area contributed by atoms with Crippen LogP contribution >= 0.6 is 11.8 Å². The van der Waals surface area contributed by atoms with E-state index in [0.29, 0.717) is 12.3 Å². The van der Waals surface area contributed by atoms with E-state index in [0.717, 1.165) is 36.0 Å². The van der Waals surface area contributed by atoms with Crippen LogP contribution in [0, 0.1) is 17.2 Å². The number of carbonyl (C=O) groups excluding carboxylic acids is 1. The topological polar surface area (TPSA) is 59.4 Å². The first-order valence-corrected chi connectivity index (χ1v) is 9.38. The molecule has 0 radical (unpaired) electrons. The molecule has 0 aliphatic carbocycles.